The molecule has 3 rings (SSSR count). The topological polar surface area (TPSA) is 42.0 Å². The lowest BCUT2D eigenvalue weighted by Gasteiger charge is -2.08. The number of carbonyl (C=O) groups is 1. The van der Waals surface area contributed by atoms with Crippen molar-refractivity contribution in [2.75, 3.05) is 6.54 Å². The second-order valence-electron chi connectivity index (χ2n) is 5.75. The van der Waals surface area contributed by atoms with Crippen LogP contribution in [-0.2, 0) is 17.6 Å². The first-order valence-corrected chi connectivity index (χ1v) is 7.87. The van der Waals surface area contributed by atoms with E-state index in [-0.39, 0.29) is 5.91 Å². The Hall–Kier alpha value is -2.68. The van der Waals surface area contributed by atoms with E-state index >= 15 is 0 Å². The van der Waals surface area contributed by atoms with E-state index < -0.39 is 0 Å². The lowest BCUT2D eigenvalue weighted by molar-refractivity contribution is -0.120. The lowest BCUT2D eigenvalue weighted by Crippen LogP contribution is -2.27. The van der Waals surface area contributed by atoms with Crippen LogP contribution in [0, 0.1) is 6.92 Å². The molecule has 1 aromatic heterocycles. The van der Waals surface area contributed by atoms with E-state index in [4.69, 9.17) is 0 Å². The summed E-state index contributed by atoms with van der Waals surface area (Å²) in [6.45, 7) is 2.67. The molecule has 23 heavy (non-hydrogen) atoms. The molecule has 0 aliphatic carbocycles. The third kappa shape index (κ3) is 3.95. The third-order valence-corrected chi connectivity index (χ3v) is 3.92. The number of hydrogen-bond donors (Lipinski definition) is 1. The van der Waals surface area contributed by atoms with E-state index in [1.54, 1.807) is 0 Å². The number of nitrogens with zero attached hydrogens (tertiary/aromatic N) is 1. The minimum absolute atomic E-state index is 0.0575. The average molecular weight is 304 g/mol. The van der Waals surface area contributed by atoms with Gasteiger partial charge in [0.2, 0.25) is 5.91 Å². The number of amides is 1. The van der Waals surface area contributed by atoms with Crippen molar-refractivity contribution in [3.05, 3.63) is 77.5 Å². The number of rotatable bonds is 5. The van der Waals surface area contributed by atoms with Crippen molar-refractivity contribution in [1.29, 1.82) is 0 Å². The Morgan fingerprint density at radius 3 is 2.65 bits per heavy atom. The van der Waals surface area contributed by atoms with Gasteiger partial charge in [0.25, 0.3) is 0 Å². The van der Waals surface area contributed by atoms with Crippen LogP contribution >= 0.6 is 0 Å². The van der Waals surface area contributed by atoms with Crippen LogP contribution in [0.3, 0.4) is 0 Å². The molecular weight excluding hydrogens is 284 g/mol. The fourth-order valence-corrected chi connectivity index (χ4v) is 2.66. The van der Waals surface area contributed by atoms with Gasteiger partial charge in [-0.05, 0) is 30.5 Å². The first-order valence-electron chi connectivity index (χ1n) is 7.87. The van der Waals surface area contributed by atoms with Crippen LogP contribution < -0.4 is 5.32 Å². The van der Waals surface area contributed by atoms with E-state index in [9.17, 15) is 4.79 Å². The van der Waals surface area contributed by atoms with Crippen LogP contribution in [0.25, 0.3) is 10.9 Å². The van der Waals surface area contributed by atoms with Crippen LogP contribution in [0.5, 0.6) is 0 Å². The largest absolute Gasteiger partial charge is 0.355 e. The molecule has 0 radical (unpaired) electrons. The molecule has 3 heteroatoms. The Labute approximate surface area is 136 Å². The van der Waals surface area contributed by atoms with Crippen molar-refractivity contribution < 1.29 is 4.79 Å². The number of fused-ring (bicyclic) bond motifs is 1. The molecular formula is C20H20N2O. The highest BCUT2D eigenvalue weighted by Crippen LogP contribution is 2.16. The van der Waals surface area contributed by atoms with Crippen molar-refractivity contribution in [2.45, 2.75) is 19.8 Å². The van der Waals surface area contributed by atoms with Crippen LogP contribution in [0.1, 0.15) is 16.7 Å². The first-order chi connectivity index (χ1) is 11.2. The summed E-state index contributed by atoms with van der Waals surface area (Å²) in [7, 11) is 0. The van der Waals surface area contributed by atoms with Crippen LogP contribution in [0.4, 0.5) is 0 Å². The Bertz CT molecular complexity index is 804. The summed E-state index contributed by atoms with van der Waals surface area (Å²) in [6.07, 6.45) is 3.02. The molecule has 0 aliphatic rings. The molecule has 1 N–H and O–H groups in total. The number of para-hydroxylation sites is 1. The van der Waals surface area contributed by atoms with E-state index in [1.807, 2.05) is 49.5 Å². The second kappa shape index (κ2) is 7.05. The molecule has 116 valence electrons. The van der Waals surface area contributed by atoms with Crippen molar-refractivity contribution in [3.8, 4) is 0 Å². The van der Waals surface area contributed by atoms with Crippen LogP contribution in [0.15, 0.2) is 60.8 Å². The van der Waals surface area contributed by atoms with Crippen LogP contribution in [0.2, 0.25) is 0 Å². The zero-order chi connectivity index (χ0) is 16.1. The third-order valence-electron chi connectivity index (χ3n) is 3.92. The van der Waals surface area contributed by atoms with Gasteiger partial charge >= 0.3 is 0 Å². The molecule has 0 spiro atoms. The van der Waals surface area contributed by atoms with Crippen molar-refractivity contribution in [3.63, 3.8) is 0 Å². The monoisotopic (exact) mass is 304 g/mol. The van der Waals surface area contributed by atoms with Crippen LogP contribution in [-0.4, -0.2) is 17.4 Å². The summed E-state index contributed by atoms with van der Waals surface area (Å²) < 4.78 is 0. The van der Waals surface area contributed by atoms with Gasteiger partial charge in [-0.2, -0.15) is 0 Å². The summed E-state index contributed by atoms with van der Waals surface area (Å²) >= 11 is 0. The van der Waals surface area contributed by atoms with E-state index in [2.05, 4.69) is 28.5 Å². The Morgan fingerprint density at radius 2 is 1.83 bits per heavy atom. The highest BCUT2D eigenvalue weighted by Gasteiger charge is 2.05. The second-order valence-corrected chi connectivity index (χ2v) is 5.75. The van der Waals surface area contributed by atoms with Gasteiger partial charge in [0, 0.05) is 18.1 Å². The molecule has 1 heterocycles. The number of aromatic nitrogens is 1. The number of benzene rings is 2. The molecule has 0 bridgehead atoms. The van der Waals surface area contributed by atoms with Crippen molar-refractivity contribution in [1.82, 2.24) is 10.3 Å². The molecule has 0 aliphatic heterocycles. The van der Waals surface area contributed by atoms with Gasteiger partial charge in [-0.1, -0.05) is 54.1 Å². The fraction of sp³-hybridized carbons (Fsp3) is 0.200. The van der Waals surface area contributed by atoms with Gasteiger partial charge in [0.15, 0.2) is 0 Å². The predicted molar refractivity (Wildman–Crippen MR) is 93.3 cm³/mol. The number of aryl methyl sites for hydroxylation is 1. The number of nitrogens with one attached hydrogen (secondary N) is 1. The summed E-state index contributed by atoms with van der Waals surface area (Å²) in [6, 6.07) is 18.2. The van der Waals surface area contributed by atoms with Gasteiger partial charge in [0.1, 0.15) is 0 Å². The van der Waals surface area contributed by atoms with Gasteiger partial charge in [-0.25, -0.2) is 0 Å². The summed E-state index contributed by atoms with van der Waals surface area (Å²) in [4.78, 5) is 16.5. The highest BCUT2D eigenvalue weighted by atomic mass is 16.1. The van der Waals surface area contributed by atoms with Crippen molar-refractivity contribution in [2.24, 2.45) is 0 Å². The zero-order valence-corrected chi connectivity index (χ0v) is 13.3. The zero-order valence-electron chi connectivity index (χ0n) is 13.3. The van der Waals surface area contributed by atoms with Crippen molar-refractivity contribution >= 4 is 16.8 Å². The Kier molecular flexibility index (Phi) is 4.67. The quantitative estimate of drug-likeness (QED) is 0.784. The molecule has 0 saturated heterocycles. The fourth-order valence-electron chi connectivity index (χ4n) is 2.66. The standard InChI is InChI=1S/C20H20N2O/c1-15-7-9-16(10-8-15)14-19(23)21-13-11-18-5-2-4-17-6-3-12-22-20(17)18/h2-10,12H,11,13-14H2,1H3,(H,21,23). The number of pyridine rings is 1. The van der Waals surface area contributed by atoms with Gasteiger partial charge < -0.3 is 5.32 Å². The summed E-state index contributed by atoms with van der Waals surface area (Å²) in [5, 5.41) is 4.13. The van der Waals surface area contributed by atoms with E-state index in [0.717, 1.165) is 22.9 Å². The summed E-state index contributed by atoms with van der Waals surface area (Å²) in [5.41, 5.74) is 4.43. The number of carbonyl (C=O) groups excluding carboxylic acids is 1. The smallest absolute Gasteiger partial charge is 0.224 e. The average Bonchev–Trinajstić information content (AvgIpc) is 2.57. The maximum absolute atomic E-state index is 12.0. The maximum Gasteiger partial charge on any atom is 0.224 e. The lowest BCUT2D eigenvalue weighted by atomic mass is 10.1. The normalized spacial score (nSPS) is 10.7. The summed E-state index contributed by atoms with van der Waals surface area (Å²) in [5.74, 6) is 0.0575. The van der Waals surface area contributed by atoms with Gasteiger partial charge in [-0.15, -0.1) is 0 Å². The molecule has 3 aromatic rings. The highest BCUT2D eigenvalue weighted by molar-refractivity contribution is 5.82. The predicted octanol–water partition coefficient (Wildman–Crippen LogP) is 3.44. The molecule has 1 amide bonds. The minimum atomic E-state index is 0.0575. The van der Waals surface area contributed by atoms with Gasteiger partial charge in [0.05, 0.1) is 11.9 Å². The SMILES string of the molecule is Cc1ccc(CC(=O)NCCc2cccc3cccnc23)cc1. The molecule has 0 fully saturated rings. The first kappa shape index (κ1) is 15.2. The minimum Gasteiger partial charge on any atom is -0.355 e. The van der Waals surface area contributed by atoms with Gasteiger partial charge in [-0.3, -0.25) is 9.78 Å². The molecule has 3 nitrogen and oxygen atoms in total. The molecule has 0 atom stereocenters. The molecule has 0 unspecified atom stereocenters. The molecule has 2 aromatic carbocycles. The van der Waals surface area contributed by atoms with E-state index in [1.165, 1.54) is 11.1 Å². The maximum atomic E-state index is 12.0. The molecule has 0 saturated carbocycles. The van der Waals surface area contributed by atoms with E-state index in [0.29, 0.717) is 13.0 Å². The number of hydrogen-bond acceptors (Lipinski definition) is 2. The Balaban J connectivity index is 1.56. The Morgan fingerprint density at radius 1 is 1.04 bits per heavy atom.